The van der Waals surface area contributed by atoms with Crippen molar-refractivity contribution in [3.05, 3.63) is 0 Å². The summed E-state index contributed by atoms with van der Waals surface area (Å²) in [6.45, 7) is 1.79. The van der Waals surface area contributed by atoms with Crippen LogP contribution in [-0.4, -0.2) is 24.7 Å². The average Bonchev–Trinajstić information content (AvgIpc) is 2.45. The molecular weight excluding hydrogens is 175 g/mol. The van der Waals surface area contributed by atoms with Crippen molar-refractivity contribution in [3.63, 3.8) is 0 Å². The zero-order valence-corrected chi connectivity index (χ0v) is 7.44. The van der Waals surface area contributed by atoms with Gasteiger partial charge in [0.2, 0.25) is 0 Å². The molecule has 2 fully saturated rings. The first kappa shape index (κ1) is 6.74. The van der Waals surface area contributed by atoms with Crippen LogP contribution >= 0.6 is 28.9 Å². The van der Waals surface area contributed by atoms with Crippen LogP contribution in [0.1, 0.15) is 0 Å². The second kappa shape index (κ2) is 2.59. The van der Waals surface area contributed by atoms with E-state index in [1.54, 1.807) is 0 Å². The Bertz CT molecular complexity index is 91.6. The summed E-state index contributed by atoms with van der Waals surface area (Å²) >= 11 is 3.76. The van der Waals surface area contributed by atoms with Gasteiger partial charge in [-0.15, -0.1) is 0 Å². The van der Waals surface area contributed by atoms with Crippen LogP contribution in [0, 0.1) is 0 Å². The third kappa shape index (κ3) is 1.24. The molecule has 0 aromatic carbocycles. The van der Waals surface area contributed by atoms with E-state index in [1.165, 1.54) is 0 Å². The maximum atomic E-state index is 5.52. The predicted octanol–water partition coefficient (Wildman–Crippen LogP) is 2.19. The molecule has 0 aromatic rings. The van der Waals surface area contributed by atoms with Crippen molar-refractivity contribution >= 4 is 28.9 Å². The molecule has 2 aliphatic heterocycles. The summed E-state index contributed by atoms with van der Waals surface area (Å²) in [5.74, 6) is 2.25. The Hall–Kier alpha value is 1.05. The minimum absolute atomic E-state index is 0.894. The van der Waals surface area contributed by atoms with Crippen LogP contribution in [0.4, 0.5) is 0 Å². The highest BCUT2D eigenvalue weighted by Gasteiger charge is 2.54. The van der Waals surface area contributed by atoms with E-state index in [0.29, 0.717) is 0 Å². The highest BCUT2D eigenvalue weighted by molar-refractivity contribution is 8.92. The molecule has 0 aromatic heterocycles. The molecule has 1 spiro atoms. The molecule has 2 heterocycles. The number of hydrogen-bond acceptors (Lipinski definition) is 4. The predicted molar refractivity (Wildman–Crippen MR) is 43.7 cm³/mol. The molecule has 0 radical (unpaired) electrons. The van der Waals surface area contributed by atoms with Crippen molar-refractivity contribution in [2.75, 3.05) is 24.7 Å². The first-order valence-corrected chi connectivity index (χ1v) is 7.69. The molecule has 0 bridgehead atoms. The average molecular weight is 183 g/mol. The van der Waals surface area contributed by atoms with Crippen LogP contribution < -0.4 is 0 Å². The molecule has 0 aliphatic carbocycles. The minimum Gasteiger partial charge on any atom is -0.182 e. The summed E-state index contributed by atoms with van der Waals surface area (Å²) in [7, 11) is 0. The third-order valence-electron chi connectivity index (χ3n) is 1.16. The molecule has 0 N–H and O–H groups in total. The molecule has 2 saturated heterocycles. The smallest absolute Gasteiger partial charge is 0.182 e. The topological polar surface area (TPSA) is 18.5 Å². The van der Waals surface area contributed by atoms with Crippen LogP contribution in [0.25, 0.3) is 0 Å². The van der Waals surface area contributed by atoms with E-state index in [9.17, 15) is 0 Å². The van der Waals surface area contributed by atoms with Crippen molar-refractivity contribution in [1.29, 1.82) is 0 Å². The Morgan fingerprint density at radius 2 is 1.56 bits per heavy atom. The van der Waals surface area contributed by atoms with Crippen molar-refractivity contribution < 1.29 is 9.05 Å². The van der Waals surface area contributed by atoms with Crippen LogP contribution in [0.3, 0.4) is 0 Å². The van der Waals surface area contributed by atoms with Gasteiger partial charge in [-0.2, -0.15) is 9.05 Å². The largest absolute Gasteiger partial charge is 0.395 e. The van der Waals surface area contributed by atoms with Gasteiger partial charge in [0.25, 0.3) is 0 Å². The standard InChI is InChI=1S/C4H8O2PS2/c1-3-8-7(5-1)6-2-4-9-7/h1-4H2/q+1. The first-order valence-electron chi connectivity index (χ1n) is 2.88. The van der Waals surface area contributed by atoms with Gasteiger partial charge < -0.3 is 0 Å². The van der Waals surface area contributed by atoms with Gasteiger partial charge in [0.1, 0.15) is 13.2 Å². The van der Waals surface area contributed by atoms with Crippen LogP contribution in [0.2, 0.25) is 0 Å². The Balaban J connectivity index is 2.04. The molecule has 0 saturated carbocycles. The third-order valence-corrected chi connectivity index (χ3v) is 9.65. The first-order chi connectivity index (χ1) is 4.41. The molecular formula is C4H8O2PS2+. The summed E-state index contributed by atoms with van der Waals surface area (Å²) in [6, 6.07) is 0. The summed E-state index contributed by atoms with van der Waals surface area (Å²) in [6.07, 6.45) is -1.36. The van der Waals surface area contributed by atoms with Gasteiger partial charge in [-0.1, -0.05) is 0 Å². The second-order valence-corrected chi connectivity index (χ2v) is 9.65. The Morgan fingerprint density at radius 1 is 1.00 bits per heavy atom. The van der Waals surface area contributed by atoms with Gasteiger partial charge in [0.15, 0.2) is 0 Å². The zero-order valence-electron chi connectivity index (χ0n) is 4.91. The van der Waals surface area contributed by atoms with Crippen molar-refractivity contribution in [2.24, 2.45) is 0 Å². The molecule has 2 aliphatic rings. The molecule has 0 unspecified atom stereocenters. The molecule has 5 heteroatoms. The van der Waals surface area contributed by atoms with Crippen LogP contribution in [0.5, 0.6) is 0 Å². The van der Waals surface area contributed by atoms with Gasteiger partial charge in [-0.25, -0.2) is 0 Å². The fourth-order valence-electron chi connectivity index (χ4n) is 0.820. The lowest BCUT2D eigenvalue weighted by atomic mass is 10.9. The van der Waals surface area contributed by atoms with Crippen LogP contribution in [0.15, 0.2) is 0 Å². The number of hydrogen-bond donors (Lipinski definition) is 0. The molecule has 2 nitrogen and oxygen atoms in total. The molecule has 0 atom stereocenters. The SMILES string of the molecule is C1CS[P+]2(O1)OCCS2. The van der Waals surface area contributed by atoms with E-state index >= 15 is 0 Å². The van der Waals surface area contributed by atoms with E-state index in [2.05, 4.69) is 0 Å². The van der Waals surface area contributed by atoms with Crippen molar-refractivity contribution in [2.45, 2.75) is 0 Å². The van der Waals surface area contributed by atoms with Crippen molar-refractivity contribution in [3.8, 4) is 0 Å². The Kier molecular flexibility index (Phi) is 1.94. The maximum absolute atomic E-state index is 5.52. The highest BCUT2D eigenvalue weighted by atomic mass is 33.1. The molecule has 9 heavy (non-hydrogen) atoms. The van der Waals surface area contributed by atoms with E-state index in [4.69, 9.17) is 9.05 Å². The quantitative estimate of drug-likeness (QED) is 0.535. The Labute approximate surface area is 63.1 Å². The fraction of sp³-hybridized carbons (Fsp3) is 1.00. The fourth-order valence-corrected chi connectivity index (χ4v) is 8.72. The van der Waals surface area contributed by atoms with E-state index in [0.717, 1.165) is 24.7 Å². The van der Waals surface area contributed by atoms with E-state index in [-0.39, 0.29) is 0 Å². The zero-order chi connectivity index (χ0) is 6.16. The summed E-state index contributed by atoms with van der Waals surface area (Å²) < 4.78 is 11.0. The molecule has 0 amide bonds. The molecule has 2 rings (SSSR count). The van der Waals surface area contributed by atoms with Gasteiger partial charge >= 0.3 is 6.12 Å². The number of rotatable bonds is 0. The van der Waals surface area contributed by atoms with E-state index in [1.807, 2.05) is 22.8 Å². The maximum Gasteiger partial charge on any atom is 0.395 e. The summed E-state index contributed by atoms with van der Waals surface area (Å²) in [5, 5.41) is 0. The Morgan fingerprint density at radius 3 is 1.89 bits per heavy atom. The monoisotopic (exact) mass is 183 g/mol. The highest BCUT2D eigenvalue weighted by Crippen LogP contribution is 2.85. The van der Waals surface area contributed by atoms with Gasteiger partial charge in [-0.05, 0) is 0 Å². The minimum atomic E-state index is -1.36. The summed E-state index contributed by atoms with van der Waals surface area (Å²) in [5.41, 5.74) is 0. The van der Waals surface area contributed by atoms with Gasteiger partial charge in [-0.3, -0.25) is 0 Å². The van der Waals surface area contributed by atoms with Gasteiger partial charge in [0.05, 0.1) is 34.3 Å². The lowest BCUT2D eigenvalue weighted by Crippen LogP contribution is -1.83. The lowest BCUT2D eigenvalue weighted by Gasteiger charge is -2.03. The van der Waals surface area contributed by atoms with Crippen molar-refractivity contribution in [1.82, 2.24) is 0 Å². The normalized spacial score (nSPS) is 32.0. The summed E-state index contributed by atoms with van der Waals surface area (Å²) in [4.78, 5) is 0. The van der Waals surface area contributed by atoms with Gasteiger partial charge in [0, 0.05) is 0 Å². The van der Waals surface area contributed by atoms with Crippen LogP contribution in [-0.2, 0) is 9.05 Å². The molecule has 52 valence electrons. The van der Waals surface area contributed by atoms with E-state index < -0.39 is 6.12 Å². The lowest BCUT2D eigenvalue weighted by molar-refractivity contribution is 0.295. The second-order valence-electron chi connectivity index (χ2n) is 1.78.